The van der Waals surface area contributed by atoms with Crippen LogP contribution in [0.5, 0.6) is 0 Å². The van der Waals surface area contributed by atoms with Gasteiger partial charge < -0.3 is 13.9 Å². The number of benzene rings is 2. The smallest absolute Gasteiger partial charge is 0.339 e. The molecular weight excluding hydrogens is 330 g/mol. The number of hydrogen-bond donors (Lipinski definition) is 0. The molecule has 1 fully saturated rings. The Labute approximate surface area is 151 Å². The van der Waals surface area contributed by atoms with E-state index in [0.717, 1.165) is 25.0 Å². The van der Waals surface area contributed by atoms with Crippen LogP contribution in [0, 0.1) is 0 Å². The van der Waals surface area contributed by atoms with Crippen LogP contribution in [0.15, 0.2) is 65.2 Å². The minimum absolute atomic E-state index is 0.00228. The normalized spacial score (nSPS) is 16.5. The van der Waals surface area contributed by atoms with E-state index in [-0.39, 0.29) is 12.7 Å². The Morgan fingerprint density at radius 2 is 1.92 bits per heavy atom. The molecule has 1 saturated heterocycles. The summed E-state index contributed by atoms with van der Waals surface area (Å²) in [4.78, 5) is 16.9. The maximum absolute atomic E-state index is 12.5. The van der Waals surface area contributed by atoms with Crippen LogP contribution in [0.25, 0.3) is 22.8 Å². The van der Waals surface area contributed by atoms with Gasteiger partial charge in [-0.3, -0.25) is 0 Å². The van der Waals surface area contributed by atoms with Crippen LogP contribution in [0.3, 0.4) is 0 Å². The molecule has 0 aliphatic carbocycles. The Hall–Kier alpha value is -2.92. The van der Waals surface area contributed by atoms with Crippen LogP contribution >= 0.6 is 0 Å². The second kappa shape index (κ2) is 7.54. The molecule has 0 N–H and O–H groups in total. The third-order valence-electron chi connectivity index (χ3n) is 4.37. The zero-order valence-electron chi connectivity index (χ0n) is 14.3. The lowest BCUT2D eigenvalue weighted by Crippen LogP contribution is -2.18. The molecule has 2 heterocycles. The molecule has 5 heteroatoms. The van der Waals surface area contributed by atoms with Crippen molar-refractivity contribution in [3.63, 3.8) is 0 Å². The van der Waals surface area contributed by atoms with Crippen molar-refractivity contribution in [3.05, 3.63) is 66.4 Å². The number of nitrogens with zero attached hydrogens (tertiary/aromatic N) is 1. The van der Waals surface area contributed by atoms with Crippen LogP contribution < -0.4 is 0 Å². The molecule has 2 aromatic carbocycles. The van der Waals surface area contributed by atoms with E-state index < -0.39 is 5.97 Å². The Balaban J connectivity index is 1.56. The van der Waals surface area contributed by atoms with E-state index in [1.807, 2.05) is 42.5 Å². The van der Waals surface area contributed by atoms with Gasteiger partial charge in [-0.2, -0.15) is 0 Å². The van der Waals surface area contributed by atoms with Crippen LogP contribution in [-0.4, -0.2) is 30.3 Å². The minimum Gasteiger partial charge on any atom is -0.459 e. The Morgan fingerprint density at radius 3 is 2.73 bits per heavy atom. The molecule has 4 rings (SSSR count). The maximum Gasteiger partial charge on any atom is 0.339 e. The van der Waals surface area contributed by atoms with Crippen molar-refractivity contribution in [1.29, 1.82) is 0 Å². The number of rotatable bonds is 5. The standard InChI is InChI=1S/C21H19NO4/c23-21(25-14-16-9-6-12-24-16)18-11-5-4-10-17(18)20-22-13-19(26-20)15-7-2-1-3-8-15/h1-5,7-8,10-11,13,16H,6,9,12,14H2/t16-/m1/s1. The van der Waals surface area contributed by atoms with Gasteiger partial charge in [0.1, 0.15) is 6.61 Å². The molecule has 0 unspecified atom stereocenters. The fourth-order valence-electron chi connectivity index (χ4n) is 3.00. The second-order valence-corrected chi connectivity index (χ2v) is 6.17. The zero-order chi connectivity index (χ0) is 17.8. The number of aromatic nitrogens is 1. The van der Waals surface area contributed by atoms with Crippen LogP contribution in [0.1, 0.15) is 23.2 Å². The summed E-state index contributed by atoms with van der Waals surface area (Å²) >= 11 is 0. The lowest BCUT2D eigenvalue weighted by atomic mass is 10.1. The first-order valence-electron chi connectivity index (χ1n) is 8.70. The molecule has 0 saturated carbocycles. The summed E-state index contributed by atoms with van der Waals surface area (Å²) in [5.74, 6) is 0.659. The highest BCUT2D eigenvalue weighted by Gasteiger charge is 2.21. The highest BCUT2D eigenvalue weighted by atomic mass is 16.6. The van der Waals surface area contributed by atoms with E-state index in [9.17, 15) is 4.79 Å². The van der Waals surface area contributed by atoms with E-state index in [1.165, 1.54) is 0 Å². The Kier molecular flexibility index (Phi) is 4.80. The summed E-state index contributed by atoms with van der Waals surface area (Å²) in [6, 6.07) is 16.9. The van der Waals surface area contributed by atoms with E-state index in [2.05, 4.69) is 4.98 Å². The highest BCUT2D eigenvalue weighted by molar-refractivity contribution is 5.96. The molecule has 1 aromatic heterocycles. The molecule has 1 atom stereocenters. The van der Waals surface area contributed by atoms with Crippen molar-refractivity contribution in [2.45, 2.75) is 18.9 Å². The fourth-order valence-corrected chi connectivity index (χ4v) is 3.00. The van der Waals surface area contributed by atoms with Crippen molar-refractivity contribution in [2.24, 2.45) is 0 Å². The quantitative estimate of drug-likeness (QED) is 0.641. The lowest BCUT2D eigenvalue weighted by Gasteiger charge is -2.11. The molecule has 0 radical (unpaired) electrons. The molecular formula is C21H19NO4. The summed E-state index contributed by atoms with van der Waals surface area (Å²) in [5.41, 5.74) is 1.99. The summed E-state index contributed by atoms with van der Waals surface area (Å²) in [5, 5.41) is 0. The third kappa shape index (κ3) is 3.53. The zero-order valence-corrected chi connectivity index (χ0v) is 14.3. The number of carbonyl (C=O) groups excluding carboxylic acids is 1. The average Bonchev–Trinajstić information content (AvgIpc) is 3.39. The van der Waals surface area contributed by atoms with Crippen molar-refractivity contribution in [3.8, 4) is 22.8 Å². The maximum atomic E-state index is 12.5. The monoisotopic (exact) mass is 349 g/mol. The van der Waals surface area contributed by atoms with E-state index in [4.69, 9.17) is 13.9 Å². The summed E-state index contributed by atoms with van der Waals surface area (Å²) < 4.78 is 16.8. The van der Waals surface area contributed by atoms with Crippen molar-refractivity contribution < 1.29 is 18.7 Å². The van der Waals surface area contributed by atoms with Crippen molar-refractivity contribution in [1.82, 2.24) is 4.98 Å². The van der Waals surface area contributed by atoms with E-state index in [0.29, 0.717) is 22.8 Å². The Morgan fingerprint density at radius 1 is 1.12 bits per heavy atom. The SMILES string of the molecule is O=C(OC[C@H]1CCCO1)c1ccccc1-c1ncc(-c2ccccc2)o1. The molecule has 1 aliphatic rings. The number of carbonyl (C=O) groups is 1. The molecule has 132 valence electrons. The van der Waals surface area contributed by atoms with E-state index >= 15 is 0 Å². The number of oxazole rings is 1. The summed E-state index contributed by atoms with van der Waals surface area (Å²) in [6.45, 7) is 1.01. The van der Waals surface area contributed by atoms with Gasteiger partial charge in [0.05, 0.1) is 23.4 Å². The Bertz CT molecular complexity index is 882. The van der Waals surface area contributed by atoms with Gasteiger partial charge in [-0.15, -0.1) is 0 Å². The molecule has 26 heavy (non-hydrogen) atoms. The first-order valence-corrected chi connectivity index (χ1v) is 8.70. The molecule has 1 aliphatic heterocycles. The number of esters is 1. The van der Waals surface area contributed by atoms with Gasteiger partial charge in [0.25, 0.3) is 0 Å². The lowest BCUT2D eigenvalue weighted by molar-refractivity contribution is 0.0162. The molecule has 0 amide bonds. The van der Waals surface area contributed by atoms with Crippen molar-refractivity contribution in [2.75, 3.05) is 13.2 Å². The van der Waals surface area contributed by atoms with Gasteiger partial charge in [-0.05, 0) is 25.0 Å². The first kappa shape index (κ1) is 16.5. The van der Waals surface area contributed by atoms with Crippen LogP contribution in [-0.2, 0) is 9.47 Å². The highest BCUT2D eigenvalue weighted by Crippen LogP contribution is 2.28. The third-order valence-corrected chi connectivity index (χ3v) is 4.37. The molecule has 3 aromatic rings. The topological polar surface area (TPSA) is 61.6 Å². The first-order chi connectivity index (χ1) is 12.8. The van der Waals surface area contributed by atoms with Gasteiger partial charge in [0.15, 0.2) is 5.76 Å². The minimum atomic E-state index is -0.393. The number of ether oxygens (including phenoxy) is 2. The van der Waals surface area contributed by atoms with Gasteiger partial charge >= 0.3 is 5.97 Å². The van der Waals surface area contributed by atoms with Crippen LogP contribution in [0.4, 0.5) is 0 Å². The average molecular weight is 349 g/mol. The fraction of sp³-hybridized carbons (Fsp3) is 0.238. The predicted molar refractivity (Wildman–Crippen MR) is 96.6 cm³/mol. The predicted octanol–water partition coefficient (Wildman–Crippen LogP) is 4.34. The van der Waals surface area contributed by atoms with Gasteiger partial charge in [0, 0.05) is 12.2 Å². The van der Waals surface area contributed by atoms with E-state index in [1.54, 1.807) is 18.3 Å². The van der Waals surface area contributed by atoms with Crippen LogP contribution in [0.2, 0.25) is 0 Å². The summed E-state index contributed by atoms with van der Waals surface area (Å²) in [6.07, 6.45) is 3.60. The van der Waals surface area contributed by atoms with Gasteiger partial charge in [-0.1, -0.05) is 42.5 Å². The summed E-state index contributed by atoms with van der Waals surface area (Å²) in [7, 11) is 0. The second-order valence-electron chi connectivity index (χ2n) is 6.17. The largest absolute Gasteiger partial charge is 0.459 e. The molecule has 0 bridgehead atoms. The molecule has 5 nitrogen and oxygen atoms in total. The van der Waals surface area contributed by atoms with Crippen molar-refractivity contribution >= 4 is 5.97 Å². The number of hydrogen-bond acceptors (Lipinski definition) is 5. The van der Waals surface area contributed by atoms with Gasteiger partial charge in [-0.25, -0.2) is 9.78 Å². The van der Waals surface area contributed by atoms with Gasteiger partial charge in [0.2, 0.25) is 5.89 Å². The molecule has 0 spiro atoms.